The van der Waals surface area contributed by atoms with E-state index >= 15 is 0 Å². The highest BCUT2D eigenvalue weighted by Crippen LogP contribution is 2.61. The van der Waals surface area contributed by atoms with Gasteiger partial charge in [0.05, 0.1) is 6.61 Å². The number of aliphatic hydroxyl groups is 1. The number of fused-ring (bicyclic) bond motifs is 1. The van der Waals surface area contributed by atoms with Gasteiger partial charge in [-0.05, 0) is 84.9 Å². The van der Waals surface area contributed by atoms with Crippen molar-refractivity contribution in [2.75, 3.05) is 6.61 Å². The van der Waals surface area contributed by atoms with Crippen molar-refractivity contribution in [1.29, 1.82) is 0 Å². The fourth-order valence-corrected chi connectivity index (χ4v) is 5.89. The summed E-state index contributed by atoms with van der Waals surface area (Å²) < 4.78 is 5.44. The van der Waals surface area contributed by atoms with Gasteiger partial charge in [0.25, 0.3) is 4.84 Å². The molecule has 2 aliphatic carbocycles. The van der Waals surface area contributed by atoms with Crippen LogP contribution in [-0.2, 0) is 6.42 Å². The van der Waals surface area contributed by atoms with Gasteiger partial charge in [-0.2, -0.15) is 0 Å². The zero-order chi connectivity index (χ0) is 18.9. The molecule has 0 radical (unpaired) electrons. The van der Waals surface area contributed by atoms with Gasteiger partial charge < -0.3 is 9.52 Å². The van der Waals surface area contributed by atoms with Gasteiger partial charge in [-0.1, -0.05) is 33.8 Å². The van der Waals surface area contributed by atoms with E-state index in [4.69, 9.17) is 16.6 Å². The average molecular weight is 379 g/mol. The van der Waals surface area contributed by atoms with Crippen LogP contribution in [0.2, 0.25) is 0 Å². The van der Waals surface area contributed by atoms with E-state index in [0.29, 0.717) is 22.1 Å². The van der Waals surface area contributed by atoms with E-state index in [1.165, 1.54) is 37.7 Å². The predicted molar refractivity (Wildman–Crippen MR) is 106 cm³/mol. The summed E-state index contributed by atoms with van der Waals surface area (Å²) in [7, 11) is 0. The topological polar surface area (TPSA) is 62.1 Å². The Labute approximate surface area is 162 Å². The molecule has 2 N–H and O–H groups in total. The van der Waals surface area contributed by atoms with Crippen LogP contribution in [0.25, 0.3) is 0 Å². The third-order valence-electron chi connectivity index (χ3n) is 7.72. The molecule has 1 aromatic rings. The summed E-state index contributed by atoms with van der Waals surface area (Å²) in [4.78, 5) is 0.362. The smallest absolute Gasteiger partial charge is 0.284 e. The number of aliphatic hydroxyl groups excluding tert-OH is 1. The van der Waals surface area contributed by atoms with Crippen molar-refractivity contribution in [1.82, 2.24) is 10.2 Å². The summed E-state index contributed by atoms with van der Waals surface area (Å²) >= 11 is 4.97. The molecule has 1 saturated carbocycles. The first-order chi connectivity index (χ1) is 12.3. The van der Waals surface area contributed by atoms with E-state index in [1.54, 1.807) is 0 Å². The minimum absolute atomic E-state index is 0.173. The van der Waals surface area contributed by atoms with Crippen molar-refractivity contribution < 1.29 is 9.52 Å². The van der Waals surface area contributed by atoms with Gasteiger partial charge in [0.15, 0.2) is 0 Å². The van der Waals surface area contributed by atoms with Crippen molar-refractivity contribution in [2.24, 2.45) is 28.6 Å². The number of nitrogens with one attached hydrogen (secondary N) is 1. The highest BCUT2D eigenvalue weighted by atomic mass is 32.1. The number of aromatic amines is 1. The second kappa shape index (κ2) is 7.59. The minimum atomic E-state index is 0.173. The molecule has 3 rings (SSSR count). The zero-order valence-electron chi connectivity index (χ0n) is 16.7. The molecule has 0 amide bonds. The Kier molecular flexibility index (Phi) is 5.78. The Morgan fingerprint density at radius 2 is 2.19 bits per heavy atom. The summed E-state index contributed by atoms with van der Waals surface area (Å²) in [5.41, 5.74) is 1.78. The zero-order valence-corrected chi connectivity index (χ0v) is 17.5. The maximum Gasteiger partial charge on any atom is 0.284 e. The molecule has 5 heteroatoms. The quantitative estimate of drug-likeness (QED) is 0.509. The SMILES string of the molecule is C[C@H](CC[C@@]1(C)[C@H](C)CC[C@]2(C)C(CO)=CCC[C@H]12)Cc1n[nH]c(=S)o1. The molecule has 0 saturated heterocycles. The lowest BCUT2D eigenvalue weighted by molar-refractivity contribution is -0.0540. The van der Waals surface area contributed by atoms with Crippen molar-refractivity contribution >= 4 is 12.2 Å². The van der Waals surface area contributed by atoms with Crippen LogP contribution in [0.4, 0.5) is 0 Å². The standard InChI is InChI=1S/C21H34N2O2S/c1-14(12-18-22-23-19(26)25-18)8-10-20(3)15(2)9-11-21(4)16(13-24)6-5-7-17(20)21/h6,14-15,17,24H,5,7-13H2,1-4H3,(H,23,26)/t14-,15-,17-,20+,21-/m1/s1. The van der Waals surface area contributed by atoms with Gasteiger partial charge >= 0.3 is 0 Å². The molecule has 2 aliphatic rings. The van der Waals surface area contributed by atoms with Gasteiger partial charge in [-0.25, -0.2) is 5.10 Å². The molecule has 5 atom stereocenters. The van der Waals surface area contributed by atoms with E-state index in [9.17, 15) is 5.11 Å². The maximum absolute atomic E-state index is 9.92. The number of nitrogens with zero attached hydrogens (tertiary/aromatic N) is 1. The van der Waals surface area contributed by atoms with Crippen LogP contribution in [0.3, 0.4) is 0 Å². The first-order valence-corrected chi connectivity index (χ1v) is 10.5. The largest absolute Gasteiger partial charge is 0.414 e. The molecule has 146 valence electrons. The number of allylic oxidation sites excluding steroid dienone is 1. The Balaban J connectivity index is 1.72. The third kappa shape index (κ3) is 3.57. The van der Waals surface area contributed by atoms with Gasteiger partial charge in [-0.15, -0.1) is 5.10 Å². The normalized spacial score (nSPS) is 35.7. The van der Waals surface area contributed by atoms with Crippen LogP contribution < -0.4 is 0 Å². The van der Waals surface area contributed by atoms with Gasteiger partial charge in [-0.3, -0.25) is 0 Å². The Morgan fingerprint density at radius 3 is 2.85 bits per heavy atom. The highest BCUT2D eigenvalue weighted by molar-refractivity contribution is 7.71. The van der Waals surface area contributed by atoms with Gasteiger partial charge in [0.1, 0.15) is 0 Å². The number of hydrogen-bond acceptors (Lipinski definition) is 4. The number of hydrogen-bond donors (Lipinski definition) is 2. The predicted octanol–water partition coefficient (Wildman–Crippen LogP) is 5.46. The summed E-state index contributed by atoms with van der Waals surface area (Å²) in [5.74, 6) is 2.62. The Morgan fingerprint density at radius 1 is 1.42 bits per heavy atom. The average Bonchev–Trinajstić information content (AvgIpc) is 3.01. The van der Waals surface area contributed by atoms with Crippen molar-refractivity contribution in [3.05, 3.63) is 22.4 Å². The molecule has 0 bridgehead atoms. The minimum Gasteiger partial charge on any atom is -0.414 e. The summed E-state index contributed by atoms with van der Waals surface area (Å²) in [6, 6.07) is 0. The fraction of sp³-hybridized carbons (Fsp3) is 0.810. The molecule has 0 spiro atoms. The number of rotatable bonds is 6. The first kappa shape index (κ1) is 19.8. The fourth-order valence-electron chi connectivity index (χ4n) is 5.75. The first-order valence-electron chi connectivity index (χ1n) is 10.1. The van der Waals surface area contributed by atoms with Crippen LogP contribution in [0.5, 0.6) is 0 Å². The molecule has 0 aromatic carbocycles. The maximum atomic E-state index is 9.92. The lowest BCUT2D eigenvalue weighted by atomic mass is 9.46. The van der Waals surface area contributed by atoms with Crippen LogP contribution >= 0.6 is 12.2 Å². The van der Waals surface area contributed by atoms with Crippen molar-refractivity contribution in [3.63, 3.8) is 0 Å². The molecule has 26 heavy (non-hydrogen) atoms. The van der Waals surface area contributed by atoms with E-state index in [0.717, 1.165) is 24.7 Å². The third-order valence-corrected chi connectivity index (χ3v) is 7.89. The summed E-state index contributed by atoms with van der Waals surface area (Å²) in [5, 5.41) is 16.8. The molecular formula is C21H34N2O2S. The number of aromatic nitrogens is 2. The number of H-pyrrole nitrogens is 1. The van der Waals surface area contributed by atoms with Crippen molar-refractivity contribution in [2.45, 2.75) is 72.6 Å². The van der Waals surface area contributed by atoms with Crippen LogP contribution in [0.1, 0.15) is 72.1 Å². The van der Waals surface area contributed by atoms with E-state index in [1.807, 2.05) is 0 Å². The molecule has 0 aliphatic heterocycles. The second-order valence-corrected chi connectivity index (χ2v) is 9.61. The Bertz CT molecular complexity index is 709. The lowest BCUT2D eigenvalue weighted by Gasteiger charge is -2.58. The van der Waals surface area contributed by atoms with Crippen LogP contribution in [0.15, 0.2) is 16.1 Å². The molecule has 1 aromatic heterocycles. The van der Waals surface area contributed by atoms with E-state index in [2.05, 4.69) is 44.0 Å². The van der Waals surface area contributed by atoms with Crippen molar-refractivity contribution in [3.8, 4) is 0 Å². The summed E-state index contributed by atoms with van der Waals surface area (Å²) in [6.45, 7) is 9.85. The Hall–Kier alpha value is -0.940. The molecular weight excluding hydrogens is 344 g/mol. The molecule has 1 fully saturated rings. The summed E-state index contributed by atoms with van der Waals surface area (Å²) in [6.07, 6.45) is 10.4. The molecule has 0 unspecified atom stereocenters. The van der Waals surface area contributed by atoms with E-state index in [-0.39, 0.29) is 12.0 Å². The highest BCUT2D eigenvalue weighted by Gasteiger charge is 2.53. The monoisotopic (exact) mass is 378 g/mol. The van der Waals surface area contributed by atoms with Crippen LogP contribution in [-0.4, -0.2) is 21.9 Å². The van der Waals surface area contributed by atoms with Crippen LogP contribution in [0, 0.1) is 33.4 Å². The lowest BCUT2D eigenvalue weighted by Crippen LogP contribution is -2.50. The molecule has 4 nitrogen and oxygen atoms in total. The van der Waals surface area contributed by atoms with E-state index < -0.39 is 0 Å². The second-order valence-electron chi connectivity index (χ2n) is 9.24. The molecule has 1 heterocycles. The van der Waals surface area contributed by atoms with Gasteiger partial charge in [0, 0.05) is 6.42 Å². The van der Waals surface area contributed by atoms with Gasteiger partial charge in [0.2, 0.25) is 5.89 Å².